The van der Waals surface area contributed by atoms with Crippen LogP contribution in [0.15, 0.2) is 72.8 Å². The fraction of sp³-hybridized carbons (Fsp3) is 0.185. The van der Waals surface area contributed by atoms with Crippen LogP contribution in [0.5, 0.6) is 0 Å². The number of non-ortho nitro benzene ring substituents is 1. The van der Waals surface area contributed by atoms with E-state index in [1.54, 1.807) is 18.2 Å². The van der Waals surface area contributed by atoms with Crippen molar-refractivity contribution < 1.29 is 33.6 Å². The minimum Gasteiger partial charge on any atom is -0.481 e. The Morgan fingerprint density at radius 2 is 1.73 bits per heavy atom. The Kier molecular flexibility index (Phi) is 8.78. The number of aliphatic carboxylic acids is 1. The van der Waals surface area contributed by atoms with Crippen molar-refractivity contribution in [3.63, 3.8) is 0 Å². The van der Waals surface area contributed by atoms with Crippen LogP contribution >= 0.6 is 11.6 Å². The van der Waals surface area contributed by atoms with Gasteiger partial charge in [0.2, 0.25) is 0 Å². The number of carboxylic acids is 1. The number of carbonyl (C=O) groups excluding carboxylic acids is 3. The lowest BCUT2D eigenvalue weighted by Crippen LogP contribution is -2.55. The summed E-state index contributed by atoms with van der Waals surface area (Å²) in [6, 6.07) is 14.1. The van der Waals surface area contributed by atoms with Gasteiger partial charge in [-0.05, 0) is 42.0 Å². The van der Waals surface area contributed by atoms with Gasteiger partial charge in [-0.15, -0.1) is 0 Å². The summed E-state index contributed by atoms with van der Waals surface area (Å²) < 4.78 is 13.9. The monoisotopic (exact) mass is 583 g/mol. The summed E-state index contributed by atoms with van der Waals surface area (Å²) in [5, 5.41) is 26.2. The minimum absolute atomic E-state index is 0.0688. The van der Waals surface area contributed by atoms with Gasteiger partial charge >= 0.3 is 12.0 Å². The van der Waals surface area contributed by atoms with Crippen molar-refractivity contribution in [1.82, 2.24) is 15.1 Å². The Morgan fingerprint density at radius 1 is 1.02 bits per heavy atom. The lowest BCUT2D eigenvalue weighted by atomic mass is 10.0. The van der Waals surface area contributed by atoms with Crippen molar-refractivity contribution in [3.8, 4) is 0 Å². The summed E-state index contributed by atoms with van der Waals surface area (Å²) in [4.78, 5) is 64.7. The molecule has 2 atom stereocenters. The van der Waals surface area contributed by atoms with Crippen molar-refractivity contribution in [2.45, 2.75) is 18.6 Å². The summed E-state index contributed by atoms with van der Waals surface area (Å²) in [6.07, 6.45) is -2.22. The lowest BCUT2D eigenvalue weighted by molar-refractivity contribution is -0.384. The highest BCUT2D eigenvalue weighted by atomic mass is 35.5. The third kappa shape index (κ3) is 6.94. The quantitative estimate of drug-likeness (QED) is 0.266. The summed E-state index contributed by atoms with van der Waals surface area (Å²) in [7, 11) is 0. The van der Waals surface area contributed by atoms with Crippen molar-refractivity contribution >= 4 is 46.8 Å². The van der Waals surface area contributed by atoms with Crippen LogP contribution in [0.1, 0.15) is 28.4 Å². The van der Waals surface area contributed by atoms with Crippen LogP contribution in [0, 0.1) is 15.9 Å². The van der Waals surface area contributed by atoms with Gasteiger partial charge in [0.05, 0.1) is 17.4 Å². The number of rotatable bonds is 8. The number of nitro benzene ring substituents is 1. The number of hydrogen-bond acceptors (Lipinski definition) is 6. The van der Waals surface area contributed by atoms with Crippen LogP contribution in [0.25, 0.3) is 0 Å². The molecule has 212 valence electrons. The average molecular weight is 584 g/mol. The number of anilines is 1. The third-order valence-corrected chi connectivity index (χ3v) is 6.49. The zero-order valence-corrected chi connectivity index (χ0v) is 22.0. The minimum atomic E-state index is -1.57. The first-order valence-corrected chi connectivity index (χ1v) is 12.6. The zero-order chi connectivity index (χ0) is 29.7. The molecule has 0 aliphatic carbocycles. The van der Waals surface area contributed by atoms with Crippen molar-refractivity contribution in [1.29, 1.82) is 0 Å². The summed E-state index contributed by atoms with van der Waals surface area (Å²) in [5.41, 5.74) is 0.0573. The molecule has 1 fully saturated rings. The van der Waals surface area contributed by atoms with E-state index in [0.717, 1.165) is 28.0 Å². The van der Waals surface area contributed by atoms with Gasteiger partial charge in [0.1, 0.15) is 5.82 Å². The number of hydrogen-bond donors (Lipinski definition) is 3. The van der Waals surface area contributed by atoms with Crippen LogP contribution in [-0.4, -0.2) is 62.9 Å². The first-order valence-electron chi connectivity index (χ1n) is 12.2. The maximum atomic E-state index is 13.9. The molecule has 12 nitrogen and oxygen atoms in total. The van der Waals surface area contributed by atoms with E-state index in [-0.39, 0.29) is 29.9 Å². The summed E-state index contributed by atoms with van der Waals surface area (Å²) in [5.74, 6) is -3.66. The summed E-state index contributed by atoms with van der Waals surface area (Å²) >= 11 is 6.00. The largest absolute Gasteiger partial charge is 0.481 e. The SMILES string of the molecule is O=C(O)CC(NC(=O)C1N(C(=O)Nc2cccc(Cl)c2)CCN1C(=O)c1cccc(F)c1)c1cccc([N+](=O)[O-])c1. The van der Waals surface area contributed by atoms with Crippen molar-refractivity contribution in [2.24, 2.45) is 0 Å². The number of urea groups is 1. The van der Waals surface area contributed by atoms with Crippen molar-refractivity contribution in [2.75, 3.05) is 18.4 Å². The molecule has 4 amide bonds. The van der Waals surface area contributed by atoms with Crippen LogP contribution in [0.3, 0.4) is 0 Å². The van der Waals surface area contributed by atoms with Gasteiger partial charge in [0.25, 0.3) is 17.5 Å². The number of nitro groups is 1. The lowest BCUT2D eigenvalue weighted by Gasteiger charge is -2.31. The fourth-order valence-electron chi connectivity index (χ4n) is 4.41. The molecule has 4 rings (SSSR count). The molecule has 14 heteroatoms. The second-order valence-corrected chi connectivity index (χ2v) is 9.46. The molecule has 0 saturated carbocycles. The molecule has 0 bridgehead atoms. The molecule has 0 spiro atoms. The van der Waals surface area contributed by atoms with E-state index in [2.05, 4.69) is 10.6 Å². The summed E-state index contributed by atoms with van der Waals surface area (Å²) in [6.45, 7) is -0.192. The van der Waals surface area contributed by atoms with Crippen LogP contribution < -0.4 is 10.6 Å². The maximum absolute atomic E-state index is 13.9. The van der Waals surface area contributed by atoms with E-state index >= 15 is 0 Å². The van der Waals surface area contributed by atoms with Crippen LogP contribution in [0.4, 0.5) is 20.6 Å². The molecule has 2 unspecified atom stereocenters. The highest BCUT2D eigenvalue weighted by Crippen LogP contribution is 2.25. The Labute approximate surface area is 237 Å². The second kappa shape index (κ2) is 12.4. The molecule has 1 heterocycles. The number of amides is 4. The number of nitrogens with one attached hydrogen (secondary N) is 2. The van der Waals surface area contributed by atoms with Crippen LogP contribution in [-0.2, 0) is 9.59 Å². The molecule has 0 aromatic heterocycles. The Balaban J connectivity index is 1.67. The molecule has 1 aliphatic rings. The van der Waals surface area contributed by atoms with Gasteiger partial charge in [0, 0.05) is 41.5 Å². The smallest absolute Gasteiger partial charge is 0.323 e. The zero-order valence-electron chi connectivity index (χ0n) is 21.2. The van der Waals surface area contributed by atoms with E-state index in [1.807, 2.05) is 0 Å². The highest BCUT2D eigenvalue weighted by Gasteiger charge is 2.44. The predicted octanol–water partition coefficient (Wildman–Crippen LogP) is 4.04. The van der Waals surface area contributed by atoms with Gasteiger partial charge in [-0.3, -0.25) is 29.4 Å². The van der Waals surface area contributed by atoms with Gasteiger partial charge < -0.3 is 20.6 Å². The van der Waals surface area contributed by atoms with Gasteiger partial charge in [-0.25, -0.2) is 9.18 Å². The maximum Gasteiger partial charge on any atom is 0.323 e. The molecule has 1 saturated heterocycles. The van der Waals surface area contributed by atoms with Gasteiger partial charge in [-0.1, -0.05) is 35.9 Å². The topological polar surface area (TPSA) is 162 Å². The van der Waals surface area contributed by atoms with E-state index in [4.69, 9.17) is 11.6 Å². The number of carboxylic acid groups (broad SMARTS) is 1. The van der Waals surface area contributed by atoms with E-state index in [1.165, 1.54) is 36.4 Å². The van der Waals surface area contributed by atoms with E-state index < -0.39 is 53.2 Å². The van der Waals surface area contributed by atoms with E-state index in [9.17, 15) is 38.8 Å². The Bertz CT molecular complexity index is 1520. The normalized spacial score (nSPS) is 15.2. The number of carbonyl (C=O) groups is 4. The third-order valence-electron chi connectivity index (χ3n) is 6.25. The predicted molar refractivity (Wildman–Crippen MR) is 145 cm³/mol. The second-order valence-electron chi connectivity index (χ2n) is 9.03. The van der Waals surface area contributed by atoms with E-state index in [0.29, 0.717) is 10.7 Å². The Hall–Kier alpha value is -5.04. The molecule has 1 aliphatic heterocycles. The van der Waals surface area contributed by atoms with Gasteiger partial charge in [0.15, 0.2) is 6.17 Å². The van der Waals surface area contributed by atoms with Crippen molar-refractivity contribution in [3.05, 3.63) is 105 Å². The Morgan fingerprint density at radius 3 is 2.41 bits per heavy atom. The van der Waals surface area contributed by atoms with Crippen LogP contribution in [0.2, 0.25) is 5.02 Å². The first kappa shape index (κ1) is 29.0. The standard InChI is InChI=1S/C27H23ClFN5O7/c28-18-6-3-8-20(14-18)30-27(39)33-11-10-32(26(38)17-5-1-7-19(29)12-17)25(33)24(37)31-22(15-23(35)36)16-4-2-9-21(13-16)34(40)41/h1-9,12-14,22,25H,10-11,15H2,(H,30,39)(H,31,37)(H,35,36). The average Bonchev–Trinajstić information content (AvgIpc) is 3.38. The molecular weight excluding hydrogens is 561 g/mol. The number of nitrogens with zero attached hydrogens (tertiary/aromatic N) is 3. The number of halogens is 2. The highest BCUT2D eigenvalue weighted by molar-refractivity contribution is 6.30. The van der Waals surface area contributed by atoms with Gasteiger partial charge in [-0.2, -0.15) is 0 Å². The fourth-order valence-corrected chi connectivity index (χ4v) is 4.60. The number of benzene rings is 3. The molecule has 41 heavy (non-hydrogen) atoms. The first-order chi connectivity index (χ1) is 19.5. The molecule has 3 aromatic rings. The molecule has 0 radical (unpaired) electrons. The molecular formula is C27H23ClFN5O7. The molecule has 3 aromatic carbocycles. The molecule has 3 N–H and O–H groups in total.